The zero-order valence-electron chi connectivity index (χ0n) is 26.7. The standard InChI is InChI=1S/C33H55NO5/c1-13-14-17-33(27(36)37,28(38)39-25-16-18-31(8,9)34(12)32(25,10)11)19-15-22-20-23(29(2,3)4)21-24(26(22)35)30(5,6)7/h20-21,25,35H,13-19H2,1-12H3,(H,36,37). The number of carboxylic acid groups (broad SMARTS) is 1. The number of carbonyl (C=O) groups is 2. The molecule has 222 valence electrons. The molecule has 1 aliphatic heterocycles. The third kappa shape index (κ3) is 6.99. The Labute approximate surface area is 237 Å². The molecule has 1 fully saturated rings. The number of aryl methyl sites for hydroxylation is 1. The number of likely N-dealkylation sites (tertiary alicyclic amines) is 1. The number of nitrogens with zero attached hydrogens (tertiary/aromatic N) is 1. The predicted octanol–water partition coefficient (Wildman–Crippen LogP) is 7.38. The summed E-state index contributed by atoms with van der Waals surface area (Å²) in [5.74, 6) is -1.61. The summed E-state index contributed by atoms with van der Waals surface area (Å²) >= 11 is 0. The Morgan fingerprint density at radius 3 is 2.10 bits per heavy atom. The number of hydrogen-bond acceptors (Lipinski definition) is 5. The molecule has 6 heteroatoms. The normalized spacial score (nSPS) is 21.3. The zero-order valence-corrected chi connectivity index (χ0v) is 26.7. The molecule has 0 aliphatic carbocycles. The number of likely N-dealkylation sites (N-methyl/N-ethyl adjacent to an activating group) is 1. The predicted molar refractivity (Wildman–Crippen MR) is 158 cm³/mol. The monoisotopic (exact) mass is 545 g/mol. The van der Waals surface area contributed by atoms with Crippen molar-refractivity contribution in [1.82, 2.24) is 4.90 Å². The molecule has 1 aromatic rings. The lowest BCUT2D eigenvalue weighted by molar-refractivity contribution is -0.186. The molecule has 0 saturated carbocycles. The Balaban J connectivity index is 2.50. The van der Waals surface area contributed by atoms with Crippen LogP contribution in [-0.2, 0) is 31.6 Å². The van der Waals surface area contributed by atoms with Gasteiger partial charge in [0.15, 0.2) is 5.41 Å². The van der Waals surface area contributed by atoms with Crippen LogP contribution in [0, 0.1) is 5.41 Å². The van der Waals surface area contributed by atoms with Crippen LogP contribution in [-0.4, -0.2) is 51.3 Å². The summed E-state index contributed by atoms with van der Waals surface area (Å²) in [5.41, 5.74) is -0.0158. The Hall–Kier alpha value is -2.08. The minimum atomic E-state index is -1.68. The van der Waals surface area contributed by atoms with Crippen molar-refractivity contribution < 1.29 is 24.5 Å². The number of aliphatic carboxylic acids is 1. The third-order valence-electron chi connectivity index (χ3n) is 9.27. The van der Waals surface area contributed by atoms with E-state index in [2.05, 4.69) is 80.2 Å². The molecule has 0 radical (unpaired) electrons. The molecular formula is C33H55NO5. The van der Waals surface area contributed by atoms with Crippen molar-refractivity contribution in [1.29, 1.82) is 0 Å². The average Bonchev–Trinajstić information content (AvgIpc) is 2.79. The van der Waals surface area contributed by atoms with Gasteiger partial charge in [0, 0.05) is 5.54 Å². The van der Waals surface area contributed by atoms with Gasteiger partial charge in [-0.05, 0) is 94.4 Å². The minimum Gasteiger partial charge on any atom is -0.507 e. The number of phenols is 1. The highest BCUT2D eigenvalue weighted by atomic mass is 16.5. The first-order valence-corrected chi connectivity index (χ1v) is 14.7. The van der Waals surface area contributed by atoms with E-state index in [4.69, 9.17) is 4.74 Å². The van der Waals surface area contributed by atoms with Crippen LogP contribution in [0.4, 0.5) is 0 Å². The summed E-state index contributed by atoms with van der Waals surface area (Å²) in [7, 11) is 2.04. The van der Waals surface area contributed by atoms with Gasteiger partial charge in [-0.1, -0.05) is 73.4 Å². The summed E-state index contributed by atoms with van der Waals surface area (Å²) in [6, 6.07) is 4.03. The molecule has 1 saturated heterocycles. The van der Waals surface area contributed by atoms with E-state index in [9.17, 15) is 19.8 Å². The summed E-state index contributed by atoms with van der Waals surface area (Å²) in [4.78, 5) is 29.1. The summed E-state index contributed by atoms with van der Waals surface area (Å²) < 4.78 is 6.14. The maximum atomic E-state index is 13.9. The van der Waals surface area contributed by atoms with E-state index in [1.807, 2.05) is 20.0 Å². The highest BCUT2D eigenvalue weighted by Crippen LogP contribution is 2.43. The van der Waals surface area contributed by atoms with E-state index >= 15 is 0 Å². The highest BCUT2D eigenvalue weighted by molar-refractivity contribution is 5.99. The van der Waals surface area contributed by atoms with E-state index in [1.165, 1.54) is 0 Å². The number of esters is 1. The van der Waals surface area contributed by atoms with Gasteiger partial charge in [0.25, 0.3) is 0 Å². The molecule has 0 amide bonds. The number of ether oxygens (including phenoxy) is 1. The van der Waals surface area contributed by atoms with E-state index in [1.54, 1.807) is 0 Å². The molecule has 1 heterocycles. The number of carboxylic acids is 1. The fourth-order valence-corrected chi connectivity index (χ4v) is 5.79. The van der Waals surface area contributed by atoms with E-state index in [0.717, 1.165) is 24.0 Å². The first kappa shape index (κ1) is 33.1. The lowest BCUT2D eigenvalue weighted by atomic mass is 9.75. The van der Waals surface area contributed by atoms with Gasteiger partial charge in [-0.15, -0.1) is 0 Å². The fraction of sp³-hybridized carbons (Fsp3) is 0.758. The lowest BCUT2D eigenvalue weighted by Gasteiger charge is -2.54. The van der Waals surface area contributed by atoms with Crippen molar-refractivity contribution >= 4 is 11.9 Å². The van der Waals surface area contributed by atoms with Crippen LogP contribution in [0.5, 0.6) is 5.75 Å². The molecule has 0 bridgehead atoms. The SMILES string of the molecule is CCCCC(CCc1cc(C(C)(C)C)cc(C(C)(C)C)c1O)(C(=O)O)C(=O)OC1CCC(C)(C)N(C)C1(C)C. The molecule has 1 aliphatic rings. The van der Waals surface area contributed by atoms with Gasteiger partial charge < -0.3 is 14.9 Å². The smallest absolute Gasteiger partial charge is 0.323 e. The lowest BCUT2D eigenvalue weighted by Crippen LogP contribution is -2.64. The van der Waals surface area contributed by atoms with Crippen molar-refractivity contribution in [3.8, 4) is 5.75 Å². The number of unbranched alkanes of at least 4 members (excludes halogenated alkanes) is 1. The van der Waals surface area contributed by atoms with E-state index in [0.29, 0.717) is 18.4 Å². The number of benzene rings is 1. The van der Waals surface area contributed by atoms with Gasteiger partial charge in [-0.3, -0.25) is 14.5 Å². The number of piperidine rings is 1. The van der Waals surface area contributed by atoms with Gasteiger partial charge in [0.2, 0.25) is 0 Å². The highest BCUT2D eigenvalue weighted by Gasteiger charge is 2.52. The topological polar surface area (TPSA) is 87.1 Å². The van der Waals surface area contributed by atoms with E-state index in [-0.39, 0.29) is 41.4 Å². The number of aromatic hydroxyl groups is 1. The second-order valence-corrected chi connectivity index (χ2v) is 15.0. The number of carbonyl (C=O) groups excluding carboxylic acids is 1. The second kappa shape index (κ2) is 11.4. The number of hydrogen-bond donors (Lipinski definition) is 2. The van der Waals surface area contributed by atoms with Gasteiger partial charge in [0.05, 0.1) is 5.54 Å². The van der Waals surface area contributed by atoms with Gasteiger partial charge >= 0.3 is 11.9 Å². The third-order valence-corrected chi connectivity index (χ3v) is 9.27. The fourth-order valence-electron chi connectivity index (χ4n) is 5.79. The first-order valence-electron chi connectivity index (χ1n) is 14.7. The van der Waals surface area contributed by atoms with Crippen molar-refractivity contribution in [2.75, 3.05) is 7.05 Å². The molecule has 0 aromatic heterocycles. The van der Waals surface area contributed by atoms with Crippen LogP contribution < -0.4 is 0 Å². The van der Waals surface area contributed by atoms with Crippen LogP contribution >= 0.6 is 0 Å². The van der Waals surface area contributed by atoms with Crippen molar-refractivity contribution in [3.05, 3.63) is 28.8 Å². The van der Waals surface area contributed by atoms with Crippen molar-refractivity contribution in [2.45, 2.75) is 149 Å². The Bertz CT molecular complexity index is 1040. The maximum Gasteiger partial charge on any atom is 0.323 e. The maximum absolute atomic E-state index is 13.9. The summed E-state index contributed by atoms with van der Waals surface area (Å²) in [5, 5.41) is 21.9. The molecule has 2 unspecified atom stereocenters. The quantitative estimate of drug-likeness (QED) is 0.249. The zero-order chi connectivity index (χ0) is 30.2. The van der Waals surface area contributed by atoms with Crippen LogP contribution in [0.25, 0.3) is 0 Å². The average molecular weight is 546 g/mol. The van der Waals surface area contributed by atoms with Gasteiger partial charge in [-0.2, -0.15) is 0 Å². The molecule has 39 heavy (non-hydrogen) atoms. The second-order valence-electron chi connectivity index (χ2n) is 15.0. The largest absolute Gasteiger partial charge is 0.507 e. The van der Waals surface area contributed by atoms with Crippen LogP contribution in [0.1, 0.15) is 131 Å². The van der Waals surface area contributed by atoms with Crippen molar-refractivity contribution in [2.24, 2.45) is 5.41 Å². The summed E-state index contributed by atoms with van der Waals surface area (Å²) in [6.45, 7) is 23.0. The van der Waals surface area contributed by atoms with Crippen LogP contribution in [0.15, 0.2) is 12.1 Å². The van der Waals surface area contributed by atoms with Gasteiger partial charge in [0.1, 0.15) is 11.9 Å². The Kier molecular flexibility index (Phi) is 9.70. The van der Waals surface area contributed by atoms with Gasteiger partial charge in [-0.25, -0.2) is 0 Å². The number of rotatable bonds is 9. The molecule has 2 rings (SSSR count). The molecule has 2 N–H and O–H groups in total. The first-order chi connectivity index (χ1) is 17.6. The minimum absolute atomic E-state index is 0.0428. The Morgan fingerprint density at radius 1 is 1.03 bits per heavy atom. The molecule has 6 nitrogen and oxygen atoms in total. The molecule has 0 spiro atoms. The Morgan fingerprint density at radius 2 is 1.62 bits per heavy atom. The summed E-state index contributed by atoms with van der Waals surface area (Å²) in [6.07, 6.45) is 3.04. The van der Waals surface area contributed by atoms with Crippen LogP contribution in [0.2, 0.25) is 0 Å². The van der Waals surface area contributed by atoms with Crippen LogP contribution in [0.3, 0.4) is 0 Å². The molecule has 1 aromatic carbocycles. The number of phenolic OH excluding ortho intramolecular Hbond substituents is 1. The van der Waals surface area contributed by atoms with Crippen molar-refractivity contribution in [3.63, 3.8) is 0 Å². The van der Waals surface area contributed by atoms with E-state index < -0.39 is 29.0 Å². The molecule has 2 atom stereocenters. The molecular weight excluding hydrogens is 490 g/mol.